The zero-order valence-corrected chi connectivity index (χ0v) is 15.5. The average molecular weight is 394 g/mol. The van der Waals surface area contributed by atoms with Gasteiger partial charge in [-0.15, -0.1) is 5.10 Å². The molecule has 0 aliphatic carbocycles. The van der Waals surface area contributed by atoms with Crippen LogP contribution in [0.2, 0.25) is 5.02 Å². The molecule has 142 valence electrons. The van der Waals surface area contributed by atoms with Crippen molar-refractivity contribution in [2.24, 2.45) is 0 Å². The monoisotopic (exact) mass is 393 g/mol. The first-order valence-electron chi connectivity index (χ1n) is 8.35. The predicted molar refractivity (Wildman–Crippen MR) is 93.5 cm³/mol. The van der Waals surface area contributed by atoms with Crippen molar-refractivity contribution in [3.63, 3.8) is 0 Å². The quantitative estimate of drug-likeness (QED) is 0.566. The molecular formula is C17H17ClFN5O3. The number of esters is 1. The topological polar surface area (TPSA) is 95.9 Å². The van der Waals surface area contributed by atoms with Gasteiger partial charge in [0.2, 0.25) is 0 Å². The molecule has 0 saturated heterocycles. The number of hydrogen-bond donors (Lipinski definition) is 0. The second-order valence-corrected chi connectivity index (χ2v) is 6.21. The van der Waals surface area contributed by atoms with Crippen molar-refractivity contribution >= 4 is 17.6 Å². The molecule has 0 bridgehead atoms. The van der Waals surface area contributed by atoms with Crippen molar-refractivity contribution in [3.8, 4) is 11.3 Å². The Hall–Kier alpha value is -2.81. The van der Waals surface area contributed by atoms with Gasteiger partial charge in [-0.3, -0.25) is 0 Å². The third-order valence-electron chi connectivity index (χ3n) is 3.93. The minimum atomic E-state index is -0.729. The summed E-state index contributed by atoms with van der Waals surface area (Å²) in [6.45, 7) is 4.07. The Morgan fingerprint density at radius 1 is 1.41 bits per heavy atom. The fourth-order valence-corrected chi connectivity index (χ4v) is 2.77. The van der Waals surface area contributed by atoms with Gasteiger partial charge in [-0.1, -0.05) is 36.2 Å². The van der Waals surface area contributed by atoms with Crippen LogP contribution in [-0.2, 0) is 17.9 Å². The molecule has 0 aliphatic rings. The third-order valence-corrected chi connectivity index (χ3v) is 4.24. The lowest BCUT2D eigenvalue weighted by atomic mass is 10.1. The molecule has 0 amide bonds. The normalized spacial score (nSPS) is 11.0. The summed E-state index contributed by atoms with van der Waals surface area (Å²) >= 11 is 6.07. The highest BCUT2D eigenvalue weighted by Crippen LogP contribution is 2.33. The van der Waals surface area contributed by atoms with E-state index in [0.29, 0.717) is 12.4 Å². The molecule has 3 rings (SSSR count). The van der Waals surface area contributed by atoms with E-state index >= 15 is 0 Å². The predicted octanol–water partition coefficient (Wildman–Crippen LogP) is 3.59. The number of halogens is 2. The molecule has 3 aromatic rings. The fourth-order valence-electron chi connectivity index (χ4n) is 2.52. The van der Waals surface area contributed by atoms with Crippen LogP contribution in [-0.4, -0.2) is 31.3 Å². The summed E-state index contributed by atoms with van der Waals surface area (Å²) in [6, 6.07) is 4.19. The second-order valence-electron chi connectivity index (χ2n) is 5.81. The Kier molecular flexibility index (Phi) is 5.80. The molecular weight excluding hydrogens is 377 g/mol. The molecule has 0 saturated carbocycles. The number of nitrogens with zero attached hydrogens (tertiary/aromatic N) is 5. The molecule has 10 heteroatoms. The zero-order valence-electron chi connectivity index (χ0n) is 14.8. The molecule has 8 nitrogen and oxygen atoms in total. The molecule has 0 aliphatic heterocycles. The average Bonchev–Trinajstić information content (AvgIpc) is 3.24. The maximum Gasteiger partial charge on any atom is 0.344 e. The summed E-state index contributed by atoms with van der Waals surface area (Å²) in [5, 5.41) is 15.2. The molecule has 27 heavy (non-hydrogen) atoms. The minimum Gasteiger partial charge on any atom is -0.454 e. The Balaban J connectivity index is 1.83. The van der Waals surface area contributed by atoms with Crippen LogP contribution >= 0.6 is 11.6 Å². The maximum absolute atomic E-state index is 14.2. The van der Waals surface area contributed by atoms with Crippen LogP contribution in [0.15, 0.2) is 22.7 Å². The first-order chi connectivity index (χ1) is 13.0. The number of carbonyl (C=O) groups is 1. The van der Waals surface area contributed by atoms with Gasteiger partial charge in [0.05, 0.1) is 10.6 Å². The van der Waals surface area contributed by atoms with Crippen molar-refractivity contribution in [2.45, 2.75) is 39.8 Å². The molecule has 0 spiro atoms. The van der Waals surface area contributed by atoms with Gasteiger partial charge in [0.15, 0.2) is 12.4 Å². The molecule has 0 atom stereocenters. The zero-order chi connectivity index (χ0) is 19.4. The van der Waals surface area contributed by atoms with Crippen molar-refractivity contribution < 1.29 is 18.4 Å². The van der Waals surface area contributed by atoms with E-state index in [2.05, 4.69) is 20.7 Å². The highest BCUT2D eigenvalue weighted by atomic mass is 35.5. The van der Waals surface area contributed by atoms with E-state index in [4.69, 9.17) is 20.9 Å². The number of rotatable bonds is 7. The van der Waals surface area contributed by atoms with Gasteiger partial charge >= 0.3 is 5.97 Å². The lowest BCUT2D eigenvalue weighted by Crippen LogP contribution is -2.12. The van der Waals surface area contributed by atoms with Gasteiger partial charge < -0.3 is 9.26 Å². The van der Waals surface area contributed by atoms with E-state index in [1.165, 1.54) is 25.1 Å². The Bertz CT molecular complexity index is 936. The van der Waals surface area contributed by atoms with Crippen LogP contribution in [0, 0.1) is 12.7 Å². The number of aryl methyl sites for hydroxylation is 2. The van der Waals surface area contributed by atoms with Gasteiger partial charge in [-0.05, 0) is 35.9 Å². The molecule has 0 fully saturated rings. The van der Waals surface area contributed by atoms with E-state index in [9.17, 15) is 9.18 Å². The standard InChI is InChI=1S/C17H17ClFN5O3/c1-3-4-8-24-13(20-22-23-24)9-26-17(25)14-10(2)27-21-16(14)15-11(18)6-5-7-12(15)19/h5-7H,3-4,8-9H2,1-2H3. The van der Waals surface area contributed by atoms with Gasteiger partial charge in [0, 0.05) is 6.54 Å². The Morgan fingerprint density at radius 3 is 2.96 bits per heavy atom. The van der Waals surface area contributed by atoms with Crippen LogP contribution < -0.4 is 0 Å². The Morgan fingerprint density at radius 2 is 2.22 bits per heavy atom. The van der Waals surface area contributed by atoms with Crippen molar-refractivity contribution in [3.05, 3.63) is 46.2 Å². The summed E-state index contributed by atoms with van der Waals surface area (Å²) in [7, 11) is 0. The number of carbonyl (C=O) groups excluding carboxylic acids is 1. The minimum absolute atomic E-state index is 0.00817. The lowest BCUT2D eigenvalue weighted by Gasteiger charge is -2.07. The van der Waals surface area contributed by atoms with E-state index in [0.717, 1.165) is 12.8 Å². The smallest absolute Gasteiger partial charge is 0.344 e. The first kappa shape index (κ1) is 19.0. The van der Waals surface area contributed by atoms with Crippen LogP contribution in [0.1, 0.15) is 41.7 Å². The molecule has 2 aromatic heterocycles. The summed E-state index contributed by atoms with van der Waals surface area (Å²) in [6.07, 6.45) is 1.87. The van der Waals surface area contributed by atoms with Gasteiger partial charge in [0.1, 0.15) is 22.8 Å². The van der Waals surface area contributed by atoms with Crippen molar-refractivity contribution in [2.75, 3.05) is 0 Å². The number of tetrazole rings is 1. The van der Waals surface area contributed by atoms with Crippen molar-refractivity contribution in [1.29, 1.82) is 0 Å². The van der Waals surface area contributed by atoms with E-state index < -0.39 is 11.8 Å². The molecule has 0 radical (unpaired) electrons. The summed E-state index contributed by atoms with van der Waals surface area (Å²) in [5.74, 6) is -0.738. The Labute approximate surface area is 159 Å². The largest absolute Gasteiger partial charge is 0.454 e. The van der Waals surface area contributed by atoms with Crippen LogP contribution in [0.5, 0.6) is 0 Å². The SMILES string of the molecule is CCCCn1nnnc1COC(=O)c1c(-c2c(F)cccc2Cl)noc1C. The molecule has 1 aromatic carbocycles. The summed E-state index contributed by atoms with van der Waals surface area (Å²) in [5.41, 5.74) is -0.0171. The number of hydrogen-bond acceptors (Lipinski definition) is 7. The second kappa shape index (κ2) is 8.26. The van der Waals surface area contributed by atoms with Crippen LogP contribution in [0.25, 0.3) is 11.3 Å². The number of benzene rings is 1. The molecule has 0 N–H and O–H groups in total. The van der Waals surface area contributed by atoms with E-state index in [1.54, 1.807) is 4.68 Å². The highest BCUT2D eigenvalue weighted by Gasteiger charge is 2.27. The van der Waals surface area contributed by atoms with Crippen molar-refractivity contribution in [1.82, 2.24) is 25.4 Å². The highest BCUT2D eigenvalue weighted by molar-refractivity contribution is 6.33. The van der Waals surface area contributed by atoms with Gasteiger partial charge in [-0.25, -0.2) is 13.9 Å². The summed E-state index contributed by atoms with van der Waals surface area (Å²) < 4.78 is 26.2. The molecule has 2 heterocycles. The number of aromatic nitrogens is 5. The third kappa shape index (κ3) is 3.97. The van der Waals surface area contributed by atoms with Gasteiger partial charge in [-0.2, -0.15) is 0 Å². The number of unbranched alkanes of at least 4 members (excludes halogenated alkanes) is 1. The fraction of sp³-hybridized carbons (Fsp3) is 0.353. The van der Waals surface area contributed by atoms with Gasteiger partial charge in [0.25, 0.3) is 0 Å². The van der Waals surface area contributed by atoms with E-state index in [1.807, 2.05) is 6.92 Å². The van der Waals surface area contributed by atoms with Crippen LogP contribution in [0.3, 0.4) is 0 Å². The first-order valence-corrected chi connectivity index (χ1v) is 8.73. The number of ether oxygens (including phenoxy) is 1. The van der Waals surface area contributed by atoms with Crippen LogP contribution in [0.4, 0.5) is 4.39 Å². The molecule has 0 unspecified atom stereocenters. The maximum atomic E-state index is 14.2. The lowest BCUT2D eigenvalue weighted by molar-refractivity contribution is 0.0455. The summed E-state index contributed by atoms with van der Waals surface area (Å²) in [4.78, 5) is 12.6. The van der Waals surface area contributed by atoms with E-state index in [-0.39, 0.29) is 34.2 Å².